The van der Waals surface area contributed by atoms with Gasteiger partial charge in [-0.15, -0.1) is 0 Å². The van der Waals surface area contributed by atoms with Crippen LogP contribution in [0, 0.1) is 36.0 Å². The fraction of sp³-hybridized carbons (Fsp3) is 0.600. The summed E-state index contributed by atoms with van der Waals surface area (Å²) in [6.07, 6.45) is 3.79. The first-order chi connectivity index (χ1) is 23.3. The Morgan fingerprint density at radius 2 is 1.55 bits per heavy atom. The molecule has 5 aliphatic carbocycles. The molecule has 1 saturated heterocycles. The van der Waals surface area contributed by atoms with Gasteiger partial charge < -0.3 is 15.2 Å². The van der Waals surface area contributed by atoms with E-state index in [0.717, 1.165) is 54.1 Å². The molecule has 9 rings (SSSR count). The minimum Gasteiger partial charge on any atom is -0.358 e. The number of para-hydroxylation sites is 1. The molecule has 4 bridgehead atoms. The van der Waals surface area contributed by atoms with Crippen LogP contribution >= 0.6 is 11.8 Å². The smallest absolute Gasteiger partial charge is 0.358 e. The molecule has 6 fully saturated rings. The lowest BCUT2D eigenvalue weighted by atomic mass is 9.53. The number of alkyl halides is 3. The molecule has 2 N–H and O–H groups in total. The van der Waals surface area contributed by atoms with Gasteiger partial charge in [0.05, 0.1) is 5.56 Å². The van der Waals surface area contributed by atoms with Crippen LogP contribution in [0.15, 0.2) is 48.5 Å². The highest BCUT2D eigenvalue weighted by Crippen LogP contribution is 2.67. The van der Waals surface area contributed by atoms with Gasteiger partial charge in [0.2, 0.25) is 11.8 Å². The summed E-state index contributed by atoms with van der Waals surface area (Å²) in [6, 6.07) is 13.4. The summed E-state index contributed by atoms with van der Waals surface area (Å²) < 4.78 is 40.5. The number of nitrogens with one attached hydrogen (secondary N) is 2. The van der Waals surface area contributed by atoms with Crippen molar-refractivity contribution in [1.29, 1.82) is 0 Å². The van der Waals surface area contributed by atoms with Gasteiger partial charge in [-0.2, -0.15) is 24.9 Å². The Hall–Kier alpha value is -2.94. The highest BCUT2D eigenvalue weighted by Gasteiger charge is 2.61. The summed E-state index contributed by atoms with van der Waals surface area (Å²) in [7, 11) is 0. The van der Waals surface area contributed by atoms with Crippen molar-refractivity contribution in [2.75, 3.05) is 11.5 Å². The first-order valence-electron chi connectivity index (χ1n) is 18.2. The molecule has 49 heavy (non-hydrogen) atoms. The zero-order valence-electron chi connectivity index (χ0n) is 28.8. The summed E-state index contributed by atoms with van der Waals surface area (Å²) in [5.74, 6) is 3.64. The minimum absolute atomic E-state index is 0.0471. The zero-order valence-corrected chi connectivity index (χ0v) is 29.6. The van der Waals surface area contributed by atoms with E-state index in [4.69, 9.17) is 0 Å². The van der Waals surface area contributed by atoms with Crippen molar-refractivity contribution in [2.24, 2.45) is 29.1 Å². The Morgan fingerprint density at radius 3 is 2.16 bits per heavy atom. The molecule has 6 aliphatic rings. The van der Waals surface area contributed by atoms with E-state index in [1.165, 1.54) is 42.3 Å². The van der Waals surface area contributed by atoms with Crippen LogP contribution in [0.2, 0.25) is 0 Å². The number of thioether (sulfide) groups is 1. The summed E-state index contributed by atoms with van der Waals surface area (Å²) in [5, 5.41) is 4.82. The van der Waals surface area contributed by atoms with Crippen LogP contribution in [-0.4, -0.2) is 44.3 Å². The van der Waals surface area contributed by atoms with E-state index in [1.54, 1.807) is 16.7 Å². The van der Waals surface area contributed by atoms with Gasteiger partial charge >= 0.3 is 6.18 Å². The molecular formula is C40H48F3N3O2S. The third-order valence-corrected chi connectivity index (χ3v) is 14.3. The number of H-pyrrole nitrogens is 1. The first-order valence-corrected chi connectivity index (χ1v) is 19.4. The minimum atomic E-state index is -4.44. The van der Waals surface area contributed by atoms with E-state index in [0.29, 0.717) is 36.2 Å². The number of hydrogen-bond donors (Lipinski definition) is 2. The molecule has 0 spiro atoms. The predicted molar refractivity (Wildman–Crippen MR) is 188 cm³/mol. The monoisotopic (exact) mass is 691 g/mol. The molecule has 2 heterocycles. The van der Waals surface area contributed by atoms with Crippen LogP contribution in [0.4, 0.5) is 13.2 Å². The van der Waals surface area contributed by atoms with Gasteiger partial charge in [0.25, 0.3) is 0 Å². The quantitative estimate of drug-likeness (QED) is 0.248. The van der Waals surface area contributed by atoms with Crippen LogP contribution in [-0.2, 0) is 22.3 Å². The lowest BCUT2D eigenvalue weighted by Gasteiger charge is -2.58. The third kappa shape index (κ3) is 5.80. The first kappa shape index (κ1) is 33.2. The topological polar surface area (TPSA) is 65.2 Å². The second-order valence-corrected chi connectivity index (χ2v) is 18.0. The van der Waals surface area contributed by atoms with Crippen molar-refractivity contribution in [3.8, 4) is 0 Å². The second kappa shape index (κ2) is 11.8. The second-order valence-electron chi connectivity index (χ2n) is 16.8. The molecule has 0 unspecified atom stereocenters. The molecule has 1 aliphatic heterocycles. The van der Waals surface area contributed by atoms with Crippen LogP contribution in [0.5, 0.6) is 0 Å². The number of hydrogen-bond acceptors (Lipinski definition) is 3. The van der Waals surface area contributed by atoms with Crippen molar-refractivity contribution >= 4 is 34.5 Å². The Labute approximate surface area is 291 Å². The number of benzene rings is 2. The highest BCUT2D eigenvalue weighted by molar-refractivity contribution is 7.99. The summed E-state index contributed by atoms with van der Waals surface area (Å²) in [4.78, 5) is 35.2. The van der Waals surface area contributed by atoms with Crippen LogP contribution in [0.3, 0.4) is 0 Å². The lowest BCUT2D eigenvalue weighted by Crippen LogP contribution is -2.68. The number of fused-ring (bicyclic) bond motifs is 1. The maximum atomic E-state index is 14.9. The van der Waals surface area contributed by atoms with Crippen molar-refractivity contribution in [3.63, 3.8) is 0 Å². The SMILES string of the molecule is Cc1[nH]c2ccccc2c1[C@@H]1[C@H](CC(=O)N(Cc2ccc(C(F)(F)F)cc2)C2(C(=O)NC34CC5CC(CC(C5)C3)C4)CCSCC2)C1(C)C. The molecule has 9 heteroatoms. The molecule has 1 aromatic heterocycles. The molecule has 2 amide bonds. The van der Waals surface area contributed by atoms with E-state index < -0.39 is 17.3 Å². The van der Waals surface area contributed by atoms with Gasteiger partial charge in [0, 0.05) is 35.1 Å². The number of rotatable bonds is 8. The van der Waals surface area contributed by atoms with Crippen molar-refractivity contribution in [1.82, 2.24) is 15.2 Å². The van der Waals surface area contributed by atoms with Crippen LogP contribution < -0.4 is 5.32 Å². The molecule has 5 nitrogen and oxygen atoms in total. The summed E-state index contributed by atoms with van der Waals surface area (Å²) in [6.45, 7) is 6.66. The van der Waals surface area contributed by atoms with Crippen molar-refractivity contribution < 1.29 is 22.8 Å². The number of carbonyl (C=O) groups excluding carboxylic acids is 2. The third-order valence-electron chi connectivity index (χ3n) is 13.3. The number of nitrogens with zero attached hydrogens (tertiary/aromatic N) is 1. The number of aromatic nitrogens is 1. The molecule has 262 valence electrons. The molecule has 5 saturated carbocycles. The Balaban J connectivity index is 1.12. The van der Waals surface area contributed by atoms with E-state index >= 15 is 0 Å². The predicted octanol–water partition coefficient (Wildman–Crippen LogP) is 9.00. The fourth-order valence-electron chi connectivity index (χ4n) is 11.1. The zero-order chi connectivity index (χ0) is 34.3. The van der Waals surface area contributed by atoms with Crippen LogP contribution in [0.25, 0.3) is 10.9 Å². The molecule has 2 aromatic carbocycles. The normalized spacial score (nSPS) is 31.1. The maximum Gasteiger partial charge on any atom is 0.416 e. The van der Waals surface area contributed by atoms with Gasteiger partial charge in [0.1, 0.15) is 5.54 Å². The van der Waals surface area contributed by atoms with E-state index in [2.05, 4.69) is 43.2 Å². The molecule has 0 radical (unpaired) electrons. The van der Waals surface area contributed by atoms with Gasteiger partial charge in [-0.3, -0.25) is 9.59 Å². The summed E-state index contributed by atoms with van der Waals surface area (Å²) >= 11 is 1.81. The molecular weight excluding hydrogens is 644 g/mol. The van der Waals surface area contributed by atoms with Gasteiger partial charge in [-0.05, 0) is 134 Å². The van der Waals surface area contributed by atoms with Gasteiger partial charge in [0.15, 0.2) is 0 Å². The summed E-state index contributed by atoms with van der Waals surface area (Å²) in [5.41, 5.74) is 1.99. The maximum absolute atomic E-state index is 14.9. The van der Waals surface area contributed by atoms with Gasteiger partial charge in [-0.1, -0.05) is 44.2 Å². The average Bonchev–Trinajstić information content (AvgIpc) is 3.39. The fourth-order valence-corrected chi connectivity index (χ4v) is 12.3. The number of amides is 2. The Kier molecular flexibility index (Phi) is 8.01. The van der Waals surface area contributed by atoms with E-state index in [-0.39, 0.29) is 47.6 Å². The number of halogens is 3. The average molecular weight is 692 g/mol. The largest absolute Gasteiger partial charge is 0.416 e. The van der Waals surface area contributed by atoms with E-state index in [1.807, 2.05) is 12.1 Å². The van der Waals surface area contributed by atoms with Crippen LogP contribution in [0.1, 0.15) is 99.9 Å². The Bertz CT molecular complexity index is 1720. The lowest BCUT2D eigenvalue weighted by molar-refractivity contribution is -0.153. The van der Waals surface area contributed by atoms with Gasteiger partial charge in [-0.25, -0.2) is 0 Å². The van der Waals surface area contributed by atoms with Crippen molar-refractivity contribution in [2.45, 2.75) is 108 Å². The number of carbonyl (C=O) groups is 2. The number of aromatic amines is 1. The van der Waals surface area contributed by atoms with Crippen molar-refractivity contribution in [3.05, 3.63) is 70.9 Å². The standard InChI is InChI=1S/C40H48F3N3O2S/c1-24-34(30-6-4-5-7-32(30)44-24)35-31(37(35,2)3)19-33(47)46(23-25-8-10-29(11-9-25)40(41,42)43)39(12-14-49-15-13-39)36(48)45-38-20-26-16-27(21-38)18-28(17-26)22-38/h4-11,26-28,31,35,44H,12-23H2,1-3H3,(H,45,48)/t26?,27?,28?,31-,35-,38?/m0/s1. The number of aryl methyl sites for hydroxylation is 1. The Morgan fingerprint density at radius 1 is 0.939 bits per heavy atom. The highest BCUT2D eigenvalue weighted by atomic mass is 32.2. The van der Waals surface area contributed by atoms with E-state index in [9.17, 15) is 22.8 Å². The molecule has 2 atom stereocenters. The molecule has 3 aromatic rings.